The molecule has 2 rings (SSSR count). The average Bonchev–Trinajstić information content (AvgIpc) is 2.32. The molecular weight excluding hydrogens is 368 g/mol. The number of nitrogens with one attached hydrogen (secondary N) is 1. The van der Waals surface area contributed by atoms with Gasteiger partial charge in [-0.1, -0.05) is 56.8 Å². The van der Waals surface area contributed by atoms with Crippen LogP contribution in [0.3, 0.4) is 0 Å². The van der Waals surface area contributed by atoms with Gasteiger partial charge in [-0.15, -0.1) is 0 Å². The molecule has 0 heterocycles. The lowest BCUT2D eigenvalue weighted by Crippen LogP contribution is -2.07. The Labute approximate surface area is 136 Å². The summed E-state index contributed by atoms with van der Waals surface area (Å²) >= 11 is 21.6. The Kier molecular flexibility index (Phi) is 5.02. The van der Waals surface area contributed by atoms with Gasteiger partial charge in [0.15, 0.2) is 0 Å². The number of hydrogen-bond acceptors (Lipinski definition) is 1. The van der Waals surface area contributed by atoms with Crippen LogP contribution in [0, 0.1) is 0 Å². The van der Waals surface area contributed by atoms with Crippen molar-refractivity contribution in [2.75, 3.05) is 5.32 Å². The summed E-state index contributed by atoms with van der Waals surface area (Å²) in [5.74, 6) is 0. The van der Waals surface area contributed by atoms with Gasteiger partial charge in [-0.3, -0.25) is 0 Å². The van der Waals surface area contributed by atoms with Gasteiger partial charge in [0.2, 0.25) is 0 Å². The highest BCUT2D eigenvalue weighted by atomic mass is 79.9. The van der Waals surface area contributed by atoms with E-state index in [9.17, 15) is 0 Å². The van der Waals surface area contributed by atoms with Crippen LogP contribution in [0.15, 0.2) is 40.9 Å². The van der Waals surface area contributed by atoms with Crippen molar-refractivity contribution in [1.29, 1.82) is 0 Å². The maximum atomic E-state index is 6.23. The molecule has 0 radical (unpaired) electrons. The zero-order valence-electron chi connectivity index (χ0n) is 10.1. The van der Waals surface area contributed by atoms with Crippen LogP contribution in [0.2, 0.25) is 15.1 Å². The number of anilines is 1. The summed E-state index contributed by atoms with van der Waals surface area (Å²) in [6, 6.07) is 11.2. The van der Waals surface area contributed by atoms with E-state index >= 15 is 0 Å². The van der Waals surface area contributed by atoms with Gasteiger partial charge in [0.25, 0.3) is 0 Å². The highest BCUT2D eigenvalue weighted by Crippen LogP contribution is 2.32. The first-order valence-electron chi connectivity index (χ1n) is 5.64. The Balaban J connectivity index is 2.23. The van der Waals surface area contributed by atoms with Gasteiger partial charge in [-0.25, -0.2) is 0 Å². The molecule has 1 nitrogen and oxygen atoms in total. The van der Waals surface area contributed by atoms with E-state index in [4.69, 9.17) is 34.8 Å². The number of rotatable bonds is 3. The third kappa shape index (κ3) is 3.79. The van der Waals surface area contributed by atoms with Crippen LogP contribution in [-0.2, 0) is 0 Å². The third-order valence-electron chi connectivity index (χ3n) is 2.73. The normalized spacial score (nSPS) is 12.3. The molecule has 0 amide bonds. The highest BCUT2D eigenvalue weighted by Gasteiger charge is 2.11. The minimum absolute atomic E-state index is 0.0410. The number of benzene rings is 2. The predicted molar refractivity (Wildman–Crippen MR) is 87.7 cm³/mol. The molecule has 100 valence electrons. The van der Waals surface area contributed by atoms with E-state index in [1.165, 1.54) is 0 Å². The molecule has 5 heteroatoms. The van der Waals surface area contributed by atoms with Crippen LogP contribution in [0.5, 0.6) is 0 Å². The molecule has 0 spiro atoms. The molecule has 0 saturated heterocycles. The second-order valence-electron chi connectivity index (χ2n) is 4.16. The number of hydrogen-bond donors (Lipinski definition) is 1. The smallest absolute Gasteiger partial charge is 0.0652 e. The monoisotopic (exact) mass is 377 g/mol. The van der Waals surface area contributed by atoms with Crippen molar-refractivity contribution in [3.05, 3.63) is 61.5 Å². The Morgan fingerprint density at radius 2 is 1.74 bits per heavy atom. The lowest BCUT2D eigenvalue weighted by Gasteiger charge is -2.18. The summed E-state index contributed by atoms with van der Waals surface area (Å²) in [6.45, 7) is 2.03. The van der Waals surface area contributed by atoms with Crippen molar-refractivity contribution >= 4 is 56.4 Å². The van der Waals surface area contributed by atoms with Gasteiger partial charge in [0.1, 0.15) is 0 Å². The SMILES string of the molecule is CC(Nc1ccc(Cl)cc1Cl)c1ccc(Br)cc1Cl. The first kappa shape index (κ1) is 15.0. The van der Waals surface area contributed by atoms with Crippen LogP contribution in [-0.4, -0.2) is 0 Å². The van der Waals surface area contributed by atoms with E-state index in [-0.39, 0.29) is 6.04 Å². The lowest BCUT2D eigenvalue weighted by molar-refractivity contribution is 0.885. The molecule has 0 bridgehead atoms. The zero-order valence-corrected chi connectivity index (χ0v) is 13.9. The van der Waals surface area contributed by atoms with E-state index in [0.29, 0.717) is 15.1 Å². The summed E-state index contributed by atoms with van der Waals surface area (Å²) in [7, 11) is 0. The summed E-state index contributed by atoms with van der Waals surface area (Å²) in [5.41, 5.74) is 1.84. The molecular formula is C14H11BrCl3N. The molecule has 1 unspecified atom stereocenters. The average molecular weight is 380 g/mol. The minimum atomic E-state index is 0.0410. The molecule has 2 aromatic rings. The topological polar surface area (TPSA) is 12.0 Å². The van der Waals surface area contributed by atoms with E-state index in [1.807, 2.05) is 31.2 Å². The zero-order chi connectivity index (χ0) is 14.0. The predicted octanol–water partition coefficient (Wildman–Crippen LogP) is 6.58. The molecule has 0 aliphatic carbocycles. The van der Waals surface area contributed by atoms with E-state index in [2.05, 4.69) is 21.2 Å². The van der Waals surface area contributed by atoms with E-state index in [0.717, 1.165) is 15.7 Å². The van der Waals surface area contributed by atoms with Crippen molar-refractivity contribution in [3.63, 3.8) is 0 Å². The highest BCUT2D eigenvalue weighted by molar-refractivity contribution is 9.10. The van der Waals surface area contributed by atoms with Crippen molar-refractivity contribution in [2.45, 2.75) is 13.0 Å². The fourth-order valence-electron chi connectivity index (χ4n) is 1.77. The summed E-state index contributed by atoms with van der Waals surface area (Å²) < 4.78 is 0.956. The Morgan fingerprint density at radius 3 is 2.37 bits per heavy atom. The largest absolute Gasteiger partial charge is 0.377 e. The maximum Gasteiger partial charge on any atom is 0.0652 e. The first-order chi connectivity index (χ1) is 8.97. The van der Waals surface area contributed by atoms with E-state index < -0.39 is 0 Å². The fraction of sp³-hybridized carbons (Fsp3) is 0.143. The standard InChI is InChI=1S/C14H11BrCl3N/c1-8(11-4-2-9(15)6-12(11)17)19-14-5-3-10(16)7-13(14)18/h2-8,19H,1H3. The number of halogens is 4. The summed E-state index contributed by atoms with van der Waals surface area (Å²) in [6.07, 6.45) is 0. The van der Waals surface area contributed by atoms with Crippen molar-refractivity contribution in [1.82, 2.24) is 0 Å². The van der Waals surface area contributed by atoms with E-state index in [1.54, 1.807) is 12.1 Å². The van der Waals surface area contributed by atoms with Crippen LogP contribution in [0.1, 0.15) is 18.5 Å². The van der Waals surface area contributed by atoms with Gasteiger partial charge in [-0.2, -0.15) is 0 Å². The van der Waals surface area contributed by atoms with Gasteiger partial charge in [0.05, 0.1) is 16.8 Å². The fourth-order valence-corrected chi connectivity index (χ4v) is 3.07. The van der Waals surface area contributed by atoms with Gasteiger partial charge in [-0.05, 0) is 42.8 Å². The Hall–Kier alpha value is -0.410. The van der Waals surface area contributed by atoms with Gasteiger partial charge < -0.3 is 5.32 Å². The molecule has 0 aromatic heterocycles. The van der Waals surface area contributed by atoms with Gasteiger partial charge in [0, 0.05) is 14.5 Å². The molecule has 0 aliphatic heterocycles. The van der Waals surface area contributed by atoms with Crippen LogP contribution in [0.4, 0.5) is 5.69 Å². The minimum Gasteiger partial charge on any atom is -0.377 e. The molecule has 0 saturated carbocycles. The Morgan fingerprint density at radius 1 is 1.00 bits per heavy atom. The van der Waals surface area contributed by atoms with Crippen molar-refractivity contribution in [2.24, 2.45) is 0 Å². The lowest BCUT2D eigenvalue weighted by atomic mass is 10.1. The molecule has 2 aromatic carbocycles. The molecule has 1 N–H and O–H groups in total. The van der Waals surface area contributed by atoms with Crippen LogP contribution in [0.25, 0.3) is 0 Å². The molecule has 0 aliphatic rings. The summed E-state index contributed by atoms with van der Waals surface area (Å²) in [5, 5.41) is 5.24. The van der Waals surface area contributed by atoms with Crippen molar-refractivity contribution in [3.8, 4) is 0 Å². The first-order valence-corrected chi connectivity index (χ1v) is 7.56. The Bertz CT molecular complexity index is 601. The quantitative estimate of drug-likeness (QED) is 0.635. The summed E-state index contributed by atoms with van der Waals surface area (Å²) in [4.78, 5) is 0. The van der Waals surface area contributed by atoms with Crippen LogP contribution >= 0.6 is 50.7 Å². The second kappa shape index (κ2) is 6.36. The third-order valence-corrected chi connectivity index (χ3v) is 4.10. The van der Waals surface area contributed by atoms with Gasteiger partial charge >= 0.3 is 0 Å². The molecule has 1 atom stereocenters. The van der Waals surface area contributed by atoms with Crippen molar-refractivity contribution < 1.29 is 0 Å². The maximum absolute atomic E-state index is 6.23. The second-order valence-corrected chi connectivity index (χ2v) is 6.32. The molecule has 19 heavy (non-hydrogen) atoms. The van der Waals surface area contributed by atoms with Crippen LogP contribution < -0.4 is 5.32 Å². The molecule has 0 fully saturated rings.